The highest BCUT2D eigenvalue weighted by molar-refractivity contribution is 5.13. The van der Waals surface area contributed by atoms with Crippen LogP contribution in [0.15, 0.2) is 24.5 Å². The molecule has 0 saturated heterocycles. The molecule has 0 spiro atoms. The lowest BCUT2D eigenvalue weighted by Gasteiger charge is -2.15. The summed E-state index contributed by atoms with van der Waals surface area (Å²) in [6, 6.07) is 4.58. The number of hydrogen-bond acceptors (Lipinski definition) is 0. The highest BCUT2D eigenvalue weighted by Gasteiger charge is 2.11. The van der Waals surface area contributed by atoms with E-state index in [9.17, 15) is 0 Å². The molecule has 0 amide bonds. The van der Waals surface area contributed by atoms with Crippen LogP contribution in [0, 0.1) is 0 Å². The molecule has 0 unspecified atom stereocenters. The average Bonchev–Trinajstić information content (AvgIpc) is 2.31. The fourth-order valence-corrected chi connectivity index (χ4v) is 2.16. The summed E-state index contributed by atoms with van der Waals surface area (Å²) in [5.74, 6) is 0.779. The van der Waals surface area contributed by atoms with E-state index in [2.05, 4.69) is 50.0 Å². The lowest BCUT2D eigenvalue weighted by atomic mass is 9.90. The molecule has 16 heavy (non-hydrogen) atoms. The molecule has 1 nitrogen and oxygen atoms in total. The molecule has 0 atom stereocenters. The van der Waals surface area contributed by atoms with Crippen molar-refractivity contribution in [3.63, 3.8) is 0 Å². The topological polar surface area (TPSA) is 3.88 Å². The summed E-state index contributed by atoms with van der Waals surface area (Å²) >= 11 is 0. The molecule has 0 aromatic carbocycles. The molecule has 1 heterocycles. The predicted molar refractivity (Wildman–Crippen MR) is 69.4 cm³/mol. The lowest BCUT2D eigenvalue weighted by molar-refractivity contribution is -0.671. The second-order valence-corrected chi connectivity index (χ2v) is 4.78. The Morgan fingerprint density at radius 2 is 1.50 bits per heavy atom. The van der Waals surface area contributed by atoms with Crippen LogP contribution in [0.1, 0.15) is 63.9 Å². The highest BCUT2D eigenvalue weighted by Crippen LogP contribution is 2.26. The van der Waals surface area contributed by atoms with Gasteiger partial charge in [0.1, 0.15) is 7.05 Å². The molecule has 0 fully saturated rings. The van der Waals surface area contributed by atoms with Gasteiger partial charge in [-0.2, -0.15) is 0 Å². The maximum absolute atomic E-state index is 2.29. The molecule has 0 radical (unpaired) electrons. The van der Waals surface area contributed by atoms with E-state index in [0.29, 0.717) is 0 Å². The van der Waals surface area contributed by atoms with Crippen LogP contribution in [0.4, 0.5) is 0 Å². The first-order chi connectivity index (χ1) is 7.77. The van der Waals surface area contributed by atoms with Crippen LogP contribution in [-0.4, -0.2) is 0 Å². The molecule has 0 N–H and O–H groups in total. The summed E-state index contributed by atoms with van der Waals surface area (Å²) in [6.45, 7) is 4.56. The molecule has 1 aromatic heterocycles. The molecule has 1 aromatic rings. The van der Waals surface area contributed by atoms with Gasteiger partial charge in [-0.25, -0.2) is 4.57 Å². The summed E-state index contributed by atoms with van der Waals surface area (Å²) in [7, 11) is 2.08. The Hall–Kier alpha value is -0.850. The molecule has 0 aliphatic rings. The van der Waals surface area contributed by atoms with Crippen molar-refractivity contribution in [3.8, 4) is 0 Å². The van der Waals surface area contributed by atoms with Crippen molar-refractivity contribution in [2.24, 2.45) is 7.05 Å². The van der Waals surface area contributed by atoms with E-state index in [4.69, 9.17) is 0 Å². The third-order valence-corrected chi connectivity index (χ3v) is 3.29. The first-order valence-electron chi connectivity index (χ1n) is 6.73. The Kier molecular flexibility index (Phi) is 6.14. The van der Waals surface area contributed by atoms with Gasteiger partial charge in [0.05, 0.1) is 0 Å². The summed E-state index contributed by atoms with van der Waals surface area (Å²) in [6.07, 6.45) is 12.4. The van der Waals surface area contributed by atoms with Crippen LogP contribution >= 0.6 is 0 Å². The van der Waals surface area contributed by atoms with Gasteiger partial charge in [0.15, 0.2) is 12.4 Å². The molecule has 1 heteroatoms. The highest BCUT2D eigenvalue weighted by atomic mass is 14.9. The summed E-state index contributed by atoms with van der Waals surface area (Å²) in [5.41, 5.74) is 1.53. The Morgan fingerprint density at radius 3 is 1.94 bits per heavy atom. The van der Waals surface area contributed by atoms with Crippen LogP contribution in [-0.2, 0) is 7.05 Å². The van der Waals surface area contributed by atoms with Gasteiger partial charge in [-0.1, -0.05) is 39.5 Å². The van der Waals surface area contributed by atoms with Gasteiger partial charge < -0.3 is 0 Å². The number of hydrogen-bond donors (Lipinski definition) is 0. The number of pyridine rings is 1. The molecule has 1 rings (SSSR count). The molecule has 0 aliphatic heterocycles. The van der Waals surface area contributed by atoms with Crippen molar-refractivity contribution in [1.29, 1.82) is 0 Å². The smallest absolute Gasteiger partial charge is 0.168 e. The normalized spacial score (nSPS) is 11.0. The minimum Gasteiger partial charge on any atom is -0.208 e. The van der Waals surface area contributed by atoms with Gasteiger partial charge in [0.25, 0.3) is 0 Å². The fraction of sp³-hybridized carbons (Fsp3) is 0.667. The molecular formula is C15H26N+. The van der Waals surface area contributed by atoms with Crippen LogP contribution in [0.3, 0.4) is 0 Å². The van der Waals surface area contributed by atoms with E-state index < -0.39 is 0 Å². The summed E-state index contributed by atoms with van der Waals surface area (Å²) < 4.78 is 2.11. The zero-order valence-corrected chi connectivity index (χ0v) is 11.1. The molecule has 0 aliphatic carbocycles. The minimum absolute atomic E-state index is 0.779. The van der Waals surface area contributed by atoms with E-state index >= 15 is 0 Å². The first-order valence-corrected chi connectivity index (χ1v) is 6.73. The van der Waals surface area contributed by atoms with E-state index in [1.165, 1.54) is 44.1 Å². The molecule has 0 saturated carbocycles. The van der Waals surface area contributed by atoms with Gasteiger partial charge in [-0.05, 0) is 24.3 Å². The van der Waals surface area contributed by atoms with Crippen molar-refractivity contribution in [3.05, 3.63) is 30.1 Å². The zero-order valence-electron chi connectivity index (χ0n) is 11.1. The maximum Gasteiger partial charge on any atom is 0.168 e. The van der Waals surface area contributed by atoms with Gasteiger partial charge in [0.2, 0.25) is 0 Å². The van der Waals surface area contributed by atoms with E-state index in [0.717, 1.165) is 5.92 Å². The van der Waals surface area contributed by atoms with E-state index in [1.54, 1.807) is 0 Å². The predicted octanol–water partition coefficient (Wildman–Crippen LogP) is 3.98. The second-order valence-electron chi connectivity index (χ2n) is 4.78. The quantitative estimate of drug-likeness (QED) is 0.612. The summed E-state index contributed by atoms with van der Waals surface area (Å²) in [4.78, 5) is 0. The molecular weight excluding hydrogens is 194 g/mol. The van der Waals surface area contributed by atoms with Gasteiger partial charge in [-0.3, -0.25) is 0 Å². The Labute approximate surface area is 101 Å². The summed E-state index contributed by atoms with van der Waals surface area (Å²) in [5, 5.41) is 0. The Bertz CT molecular complexity index is 268. The number of nitrogens with zero attached hydrogens (tertiary/aromatic N) is 1. The largest absolute Gasteiger partial charge is 0.208 e. The maximum atomic E-state index is 2.29. The Balaban J connectivity index is 2.62. The van der Waals surface area contributed by atoms with E-state index in [1.807, 2.05) is 0 Å². The monoisotopic (exact) mass is 220 g/mol. The van der Waals surface area contributed by atoms with E-state index in [-0.39, 0.29) is 0 Å². The lowest BCUT2D eigenvalue weighted by Crippen LogP contribution is -2.26. The van der Waals surface area contributed by atoms with Gasteiger partial charge in [0, 0.05) is 12.1 Å². The molecule has 90 valence electrons. The minimum atomic E-state index is 0.779. The second kappa shape index (κ2) is 7.43. The number of rotatable bonds is 7. The number of aromatic nitrogens is 1. The van der Waals surface area contributed by atoms with Crippen molar-refractivity contribution in [2.75, 3.05) is 0 Å². The number of aryl methyl sites for hydroxylation is 1. The van der Waals surface area contributed by atoms with Crippen LogP contribution in [0.5, 0.6) is 0 Å². The Morgan fingerprint density at radius 1 is 1.00 bits per heavy atom. The first kappa shape index (κ1) is 13.2. The standard InChI is InChI=1S/C15H26N/c1-4-6-8-14(9-7-5-2)15-10-12-16(3)13-11-15/h10-14H,4-9H2,1-3H3/q+1. The molecule has 0 bridgehead atoms. The van der Waals surface area contributed by atoms with Crippen molar-refractivity contribution in [2.45, 2.75) is 58.3 Å². The van der Waals surface area contributed by atoms with Crippen LogP contribution < -0.4 is 4.57 Å². The fourth-order valence-electron chi connectivity index (χ4n) is 2.16. The van der Waals surface area contributed by atoms with Gasteiger partial charge >= 0.3 is 0 Å². The SMILES string of the molecule is CCCCC(CCCC)c1cc[n+](C)cc1. The third-order valence-electron chi connectivity index (χ3n) is 3.29. The van der Waals surface area contributed by atoms with Crippen molar-refractivity contribution in [1.82, 2.24) is 0 Å². The third kappa shape index (κ3) is 4.34. The van der Waals surface area contributed by atoms with Gasteiger partial charge in [-0.15, -0.1) is 0 Å². The van der Waals surface area contributed by atoms with Crippen LogP contribution in [0.25, 0.3) is 0 Å². The number of unbranched alkanes of at least 4 members (excludes halogenated alkanes) is 2. The van der Waals surface area contributed by atoms with Crippen molar-refractivity contribution < 1.29 is 4.57 Å². The van der Waals surface area contributed by atoms with Crippen molar-refractivity contribution >= 4 is 0 Å². The zero-order chi connectivity index (χ0) is 11.8. The average molecular weight is 220 g/mol. The van der Waals surface area contributed by atoms with Crippen LogP contribution in [0.2, 0.25) is 0 Å².